The van der Waals surface area contributed by atoms with Crippen LogP contribution in [0.2, 0.25) is 5.02 Å². The first-order valence-electron chi connectivity index (χ1n) is 8.24. The molecule has 144 valence electrons. The summed E-state index contributed by atoms with van der Waals surface area (Å²) in [5, 5.41) is 9.96. The van der Waals surface area contributed by atoms with Crippen molar-refractivity contribution in [2.24, 2.45) is 0 Å². The van der Waals surface area contributed by atoms with Crippen molar-refractivity contribution < 1.29 is 12.8 Å². The minimum atomic E-state index is -3.20. The molecule has 2 heterocycles. The molecule has 0 saturated heterocycles. The van der Waals surface area contributed by atoms with Gasteiger partial charge in [0.1, 0.15) is 5.76 Å². The van der Waals surface area contributed by atoms with Gasteiger partial charge in [0.2, 0.25) is 10.0 Å². The first-order valence-corrected chi connectivity index (χ1v) is 11.3. The second kappa shape index (κ2) is 8.92. The van der Waals surface area contributed by atoms with Crippen LogP contribution in [0.1, 0.15) is 12.2 Å². The standard InChI is InChI=1S/C17H19ClN4O3S2/c1-19-27(23,24)11-3-10-26-17-21-20-16(13-5-7-14(18)8-6-13)22(17)12-15-4-2-9-25-15/h2,4-9,19H,3,10-12H2,1H3. The third-order valence-corrected chi connectivity index (χ3v) is 6.57. The lowest BCUT2D eigenvalue weighted by atomic mass is 10.2. The highest BCUT2D eigenvalue weighted by Crippen LogP contribution is 2.26. The summed E-state index contributed by atoms with van der Waals surface area (Å²) >= 11 is 7.44. The fourth-order valence-corrected chi connectivity index (χ4v) is 4.34. The molecule has 1 N–H and O–H groups in total. The second-order valence-electron chi connectivity index (χ2n) is 5.70. The minimum Gasteiger partial charge on any atom is -0.467 e. The number of rotatable bonds is 9. The molecule has 0 fully saturated rings. The number of halogens is 1. The Hall–Kier alpha value is -1.81. The van der Waals surface area contributed by atoms with Gasteiger partial charge in [-0.3, -0.25) is 4.57 Å². The van der Waals surface area contributed by atoms with Crippen molar-refractivity contribution in [3.8, 4) is 11.4 Å². The summed E-state index contributed by atoms with van der Waals surface area (Å²) < 4.78 is 32.8. The molecule has 0 bridgehead atoms. The van der Waals surface area contributed by atoms with Gasteiger partial charge in [-0.1, -0.05) is 23.4 Å². The van der Waals surface area contributed by atoms with E-state index in [9.17, 15) is 8.42 Å². The van der Waals surface area contributed by atoms with Crippen molar-refractivity contribution in [2.75, 3.05) is 18.6 Å². The highest BCUT2D eigenvalue weighted by atomic mass is 35.5. The van der Waals surface area contributed by atoms with Gasteiger partial charge >= 0.3 is 0 Å². The molecule has 0 spiro atoms. The van der Waals surface area contributed by atoms with Gasteiger partial charge in [-0.15, -0.1) is 10.2 Å². The summed E-state index contributed by atoms with van der Waals surface area (Å²) in [5.41, 5.74) is 0.892. The van der Waals surface area contributed by atoms with Crippen LogP contribution in [-0.2, 0) is 16.6 Å². The van der Waals surface area contributed by atoms with Crippen LogP contribution < -0.4 is 4.72 Å². The average molecular weight is 427 g/mol. The molecule has 0 amide bonds. The molecule has 0 aliphatic rings. The van der Waals surface area contributed by atoms with Crippen LogP contribution in [0.15, 0.2) is 52.2 Å². The fourth-order valence-electron chi connectivity index (χ4n) is 2.42. The Morgan fingerprint density at radius 2 is 2.00 bits per heavy atom. The van der Waals surface area contributed by atoms with Gasteiger partial charge in [0.15, 0.2) is 11.0 Å². The van der Waals surface area contributed by atoms with E-state index in [0.29, 0.717) is 34.7 Å². The molecule has 1 aromatic carbocycles. The summed E-state index contributed by atoms with van der Waals surface area (Å²) in [5.74, 6) is 2.17. The van der Waals surface area contributed by atoms with E-state index in [0.717, 1.165) is 11.3 Å². The number of nitrogens with one attached hydrogen (secondary N) is 1. The number of thioether (sulfide) groups is 1. The molecule has 0 unspecified atom stereocenters. The van der Waals surface area contributed by atoms with Crippen LogP contribution in [0, 0.1) is 0 Å². The maximum absolute atomic E-state index is 11.5. The molecular formula is C17H19ClN4O3S2. The van der Waals surface area contributed by atoms with Crippen LogP contribution in [0.5, 0.6) is 0 Å². The van der Waals surface area contributed by atoms with Crippen molar-refractivity contribution in [2.45, 2.75) is 18.1 Å². The monoisotopic (exact) mass is 426 g/mol. The maximum atomic E-state index is 11.5. The number of sulfonamides is 1. The van der Waals surface area contributed by atoms with E-state index in [-0.39, 0.29) is 5.75 Å². The number of aromatic nitrogens is 3. The van der Waals surface area contributed by atoms with Crippen LogP contribution in [-0.4, -0.2) is 41.7 Å². The number of hydrogen-bond acceptors (Lipinski definition) is 6. The molecule has 0 atom stereocenters. The molecule has 0 radical (unpaired) electrons. The van der Waals surface area contributed by atoms with E-state index in [1.165, 1.54) is 18.8 Å². The Morgan fingerprint density at radius 1 is 1.22 bits per heavy atom. The lowest BCUT2D eigenvalue weighted by molar-refractivity contribution is 0.485. The second-order valence-corrected chi connectivity index (χ2v) is 9.25. The third kappa shape index (κ3) is 5.35. The summed E-state index contributed by atoms with van der Waals surface area (Å²) in [6.07, 6.45) is 2.13. The van der Waals surface area contributed by atoms with Crippen LogP contribution in [0.25, 0.3) is 11.4 Å². The molecular weight excluding hydrogens is 408 g/mol. The van der Waals surface area contributed by atoms with Crippen molar-refractivity contribution >= 4 is 33.4 Å². The van der Waals surface area contributed by atoms with Gasteiger partial charge in [-0.05, 0) is 49.9 Å². The van der Waals surface area contributed by atoms with Gasteiger partial charge < -0.3 is 4.42 Å². The predicted octanol–water partition coefficient (Wildman–Crippen LogP) is 3.27. The molecule has 0 aliphatic carbocycles. The first-order chi connectivity index (χ1) is 13.0. The molecule has 7 nitrogen and oxygen atoms in total. The van der Waals surface area contributed by atoms with Crippen LogP contribution in [0.3, 0.4) is 0 Å². The van der Waals surface area contributed by atoms with Gasteiger partial charge in [0.25, 0.3) is 0 Å². The Kier molecular flexibility index (Phi) is 6.59. The van der Waals surface area contributed by atoms with E-state index < -0.39 is 10.0 Å². The maximum Gasteiger partial charge on any atom is 0.211 e. The Labute approximate surface area is 167 Å². The highest BCUT2D eigenvalue weighted by Gasteiger charge is 2.16. The van der Waals surface area contributed by atoms with E-state index >= 15 is 0 Å². The van der Waals surface area contributed by atoms with Crippen molar-refractivity contribution in [3.05, 3.63) is 53.4 Å². The molecule has 3 aromatic rings. The summed E-state index contributed by atoms with van der Waals surface area (Å²) in [7, 11) is -1.78. The zero-order valence-corrected chi connectivity index (χ0v) is 17.0. The van der Waals surface area contributed by atoms with Crippen LogP contribution in [0.4, 0.5) is 0 Å². The third-order valence-electron chi connectivity index (χ3n) is 3.81. The summed E-state index contributed by atoms with van der Waals surface area (Å²) in [4.78, 5) is 0. The van der Waals surface area contributed by atoms with Gasteiger partial charge in [0, 0.05) is 16.3 Å². The largest absolute Gasteiger partial charge is 0.467 e. The van der Waals surface area contributed by atoms with Gasteiger partial charge in [0.05, 0.1) is 18.6 Å². The molecule has 0 aliphatic heterocycles. The van der Waals surface area contributed by atoms with E-state index in [1.54, 1.807) is 18.4 Å². The molecule has 27 heavy (non-hydrogen) atoms. The lowest BCUT2D eigenvalue weighted by Gasteiger charge is -2.09. The number of benzene rings is 1. The zero-order valence-electron chi connectivity index (χ0n) is 14.6. The molecule has 2 aromatic heterocycles. The van der Waals surface area contributed by atoms with E-state index in [1.807, 2.05) is 28.8 Å². The molecule has 0 saturated carbocycles. The highest BCUT2D eigenvalue weighted by molar-refractivity contribution is 7.99. The van der Waals surface area contributed by atoms with Crippen molar-refractivity contribution in [3.63, 3.8) is 0 Å². The zero-order chi connectivity index (χ0) is 19.3. The van der Waals surface area contributed by atoms with Crippen molar-refractivity contribution in [1.29, 1.82) is 0 Å². The van der Waals surface area contributed by atoms with Gasteiger partial charge in [-0.2, -0.15) is 0 Å². The minimum absolute atomic E-state index is 0.0763. The quantitative estimate of drug-likeness (QED) is 0.417. The van der Waals surface area contributed by atoms with E-state index in [4.69, 9.17) is 16.0 Å². The summed E-state index contributed by atoms with van der Waals surface area (Å²) in [6.45, 7) is 0.481. The molecule has 10 heteroatoms. The van der Waals surface area contributed by atoms with Crippen LogP contribution >= 0.6 is 23.4 Å². The van der Waals surface area contributed by atoms with E-state index in [2.05, 4.69) is 14.9 Å². The number of hydrogen-bond donors (Lipinski definition) is 1. The fraction of sp³-hybridized carbons (Fsp3) is 0.294. The van der Waals surface area contributed by atoms with Crippen molar-refractivity contribution in [1.82, 2.24) is 19.5 Å². The average Bonchev–Trinajstić information content (AvgIpc) is 3.30. The normalized spacial score (nSPS) is 11.8. The predicted molar refractivity (Wildman–Crippen MR) is 106 cm³/mol. The van der Waals surface area contributed by atoms with Gasteiger partial charge in [-0.25, -0.2) is 13.1 Å². The Morgan fingerprint density at radius 3 is 2.67 bits per heavy atom. The topological polar surface area (TPSA) is 90.0 Å². The molecule has 3 rings (SSSR count). The smallest absolute Gasteiger partial charge is 0.211 e. The Bertz CT molecular complexity index is 970. The number of nitrogens with zero attached hydrogens (tertiary/aromatic N) is 3. The Balaban J connectivity index is 1.79. The first kappa shape index (κ1) is 19.9. The summed E-state index contributed by atoms with van der Waals surface area (Å²) in [6, 6.07) is 11.1. The number of furan rings is 1. The SMILES string of the molecule is CNS(=O)(=O)CCCSc1nnc(-c2ccc(Cl)cc2)n1Cc1ccco1. The lowest BCUT2D eigenvalue weighted by Crippen LogP contribution is -2.22.